The molecule has 1 aromatic carbocycles. The van der Waals surface area contributed by atoms with E-state index in [1.807, 2.05) is 30.3 Å². The smallest absolute Gasteiger partial charge is 0.217 e. The summed E-state index contributed by atoms with van der Waals surface area (Å²) in [7, 11) is 0. The Morgan fingerprint density at radius 2 is 1.94 bits per heavy atom. The average Bonchev–Trinajstić information content (AvgIpc) is 2.27. The van der Waals surface area contributed by atoms with Crippen LogP contribution in [0.25, 0.3) is 0 Å². The van der Waals surface area contributed by atoms with E-state index in [1.54, 1.807) is 0 Å². The molecule has 2 nitrogen and oxygen atoms in total. The summed E-state index contributed by atoms with van der Waals surface area (Å²) in [5.74, 6) is -0.267. The first-order valence-corrected chi connectivity index (χ1v) is 5.11. The Hall–Kier alpha value is -1.61. The van der Waals surface area contributed by atoms with Gasteiger partial charge in [0.05, 0.1) is 0 Å². The zero-order valence-electron chi connectivity index (χ0n) is 8.36. The van der Waals surface area contributed by atoms with E-state index in [2.05, 4.69) is 4.98 Å². The van der Waals surface area contributed by atoms with Gasteiger partial charge in [-0.2, -0.15) is 4.39 Å². The average molecular weight is 238 g/mol. The number of pyridine rings is 1. The topological polar surface area (TPSA) is 22.1 Å². The summed E-state index contributed by atoms with van der Waals surface area (Å²) in [5, 5.41) is 0.0862. The van der Waals surface area contributed by atoms with Crippen LogP contribution in [0.4, 0.5) is 4.39 Å². The maximum atomic E-state index is 12.9. The Bertz CT molecular complexity index is 455. The van der Waals surface area contributed by atoms with E-state index in [-0.39, 0.29) is 5.15 Å². The van der Waals surface area contributed by atoms with Gasteiger partial charge in [0.1, 0.15) is 17.5 Å². The molecular weight excluding hydrogens is 229 g/mol. The molecule has 0 fully saturated rings. The number of halogens is 2. The number of aromatic nitrogens is 1. The molecule has 0 amide bonds. The van der Waals surface area contributed by atoms with Gasteiger partial charge in [0.15, 0.2) is 0 Å². The van der Waals surface area contributed by atoms with Crippen molar-refractivity contribution >= 4 is 11.6 Å². The first-order valence-electron chi connectivity index (χ1n) is 4.74. The fourth-order valence-electron chi connectivity index (χ4n) is 1.27. The zero-order chi connectivity index (χ0) is 11.4. The van der Waals surface area contributed by atoms with Crippen LogP contribution >= 0.6 is 11.6 Å². The Kier molecular flexibility index (Phi) is 3.37. The van der Waals surface area contributed by atoms with Crippen LogP contribution in [0, 0.1) is 5.95 Å². The molecule has 1 aromatic heterocycles. The molecule has 16 heavy (non-hydrogen) atoms. The Morgan fingerprint density at radius 1 is 1.19 bits per heavy atom. The molecule has 0 saturated carbocycles. The van der Waals surface area contributed by atoms with E-state index in [1.165, 1.54) is 12.1 Å². The van der Waals surface area contributed by atoms with Gasteiger partial charge in [-0.3, -0.25) is 0 Å². The Balaban J connectivity index is 2.05. The number of hydrogen-bond acceptors (Lipinski definition) is 2. The van der Waals surface area contributed by atoms with Crippen LogP contribution in [-0.2, 0) is 6.61 Å². The summed E-state index contributed by atoms with van der Waals surface area (Å²) < 4.78 is 18.3. The zero-order valence-corrected chi connectivity index (χ0v) is 9.12. The van der Waals surface area contributed by atoms with Crippen molar-refractivity contribution in [2.24, 2.45) is 0 Å². The molecular formula is C12H9ClFNO. The number of hydrogen-bond donors (Lipinski definition) is 0. The molecule has 2 aromatic rings. The minimum absolute atomic E-state index is 0.0862. The van der Waals surface area contributed by atoms with Gasteiger partial charge in [-0.1, -0.05) is 41.9 Å². The van der Waals surface area contributed by atoms with Crippen LogP contribution in [0.5, 0.6) is 5.75 Å². The van der Waals surface area contributed by atoms with Gasteiger partial charge in [-0.05, 0) is 5.56 Å². The maximum Gasteiger partial charge on any atom is 0.217 e. The van der Waals surface area contributed by atoms with Crippen molar-refractivity contribution in [1.82, 2.24) is 4.98 Å². The number of benzene rings is 1. The van der Waals surface area contributed by atoms with Crippen molar-refractivity contribution < 1.29 is 9.13 Å². The van der Waals surface area contributed by atoms with Crippen molar-refractivity contribution in [2.45, 2.75) is 6.61 Å². The summed E-state index contributed by atoms with van der Waals surface area (Å²) in [6.07, 6.45) is 0. The fraction of sp³-hybridized carbons (Fsp3) is 0.0833. The van der Waals surface area contributed by atoms with Crippen LogP contribution in [-0.4, -0.2) is 4.98 Å². The van der Waals surface area contributed by atoms with Crippen molar-refractivity contribution in [3.63, 3.8) is 0 Å². The highest BCUT2D eigenvalue weighted by Crippen LogP contribution is 2.18. The van der Waals surface area contributed by atoms with Crippen LogP contribution in [0.3, 0.4) is 0 Å². The van der Waals surface area contributed by atoms with Crippen LogP contribution < -0.4 is 4.74 Å². The van der Waals surface area contributed by atoms with Gasteiger partial charge in [-0.25, -0.2) is 4.98 Å². The van der Waals surface area contributed by atoms with Gasteiger partial charge < -0.3 is 4.74 Å². The molecule has 2 rings (SSSR count). The molecule has 0 bridgehead atoms. The lowest BCUT2D eigenvalue weighted by Gasteiger charge is -2.06. The molecule has 0 N–H and O–H groups in total. The molecule has 0 aliphatic carbocycles. The minimum Gasteiger partial charge on any atom is -0.489 e. The standard InChI is InChI=1S/C12H9ClFNO/c13-11-6-10(7-12(14)15-11)16-8-9-4-2-1-3-5-9/h1-7H,8H2. The molecule has 0 spiro atoms. The molecule has 0 atom stereocenters. The summed E-state index contributed by atoms with van der Waals surface area (Å²) in [6.45, 7) is 0.376. The minimum atomic E-state index is -0.643. The molecule has 4 heteroatoms. The van der Waals surface area contributed by atoms with Crippen LogP contribution in [0.2, 0.25) is 5.15 Å². The number of rotatable bonds is 3. The number of ether oxygens (including phenoxy) is 1. The van der Waals surface area contributed by atoms with Crippen LogP contribution in [0.15, 0.2) is 42.5 Å². The summed E-state index contributed by atoms with van der Waals surface area (Å²) in [5.41, 5.74) is 1.01. The summed E-state index contributed by atoms with van der Waals surface area (Å²) in [4.78, 5) is 3.41. The Morgan fingerprint density at radius 3 is 2.62 bits per heavy atom. The van der Waals surface area contributed by atoms with Gasteiger partial charge in [0.2, 0.25) is 5.95 Å². The molecule has 0 unspecified atom stereocenters. The fourth-order valence-corrected chi connectivity index (χ4v) is 1.46. The quantitative estimate of drug-likeness (QED) is 0.763. The van der Waals surface area contributed by atoms with E-state index in [9.17, 15) is 4.39 Å². The third-order valence-electron chi connectivity index (χ3n) is 1.98. The van der Waals surface area contributed by atoms with Gasteiger partial charge in [0, 0.05) is 12.1 Å². The van der Waals surface area contributed by atoms with Crippen molar-refractivity contribution in [1.29, 1.82) is 0 Å². The first kappa shape index (κ1) is 10.9. The molecule has 0 radical (unpaired) electrons. The van der Waals surface area contributed by atoms with Crippen molar-refractivity contribution in [2.75, 3.05) is 0 Å². The van der Waals surface area contributed by atoms with E-state index in [0.29, 0.717) is 12.4 Å². The largest absolute Gasteiger partial charge is 0.489 e. The Labute approximate surface area is 97.7 Å². The van der Waals surface area contributed by atoms with Gasteiger partial charge in [0.25, 0.3) is 0 Å². The predicted molar refractivity (Wildman–Crippen MR) is 60.0 cm³/mol. The highest BCUT2D eigenvalue weighted by molar-refractivity contribution is 6.29. The molecule has 1 heterocycles. The SMILES string of the molecule is Fc1cc(OCc2ccccc2)cc(Cl)n1. The third-order valence-corrected chi connectivity index (χ3v) is 2.18. The molecule has 0 saturated heterocycles. The molecule has 0 aliphatic rings. The molecule has 82 valence electrons. The second kappa shape index (κ2) is 4.94. The highest BCUT2D eigenvalue weighted by atomic mass is 35.5. The summed E-state index contributed by atoms with van der Waals surface area (Å²) in [6, 6.07) is 12.3. The predicted octanol–water partition coefficient (Wildman–Crippen LogP) is 3.45. The second-order valence-corrected chi connectivity index (χ2v) is 3.61. The van der Waals surface area contributed by atoms with Gasteiger partial charge in [-0.15, -0.1) is 0 Å². The highest BCUT2D eigenvalue weighted by Gasteiger charge is 2.01. The van der Waals surface area contributed by atoms with Crippen molar-refractivity contribution in [3.8, 4) is 5.75 Å². The lowest BCUT2D eigenvalue weighted by Crippen LogP contribution is -1.96. The van der Waals surface area contributed by atoms with Crippen molar-refractivity contribution in [3.05, 3.63) is 59.1 Å². The van der Waals surface area contributed by atoms with Crippen LogP contribution in [0.1, 0.15) is 5.56 Å². The number of nitrogens with zero attached hydrogens (tertiary/aromatic N) is 1. The van der Waals surface area contributed by atoms with E-state index < -0.39 is 5.95 Å². The van der Waals surface area contributed by atoms with E-state index in [4.69, 9.17) is 16.3 Å². The maximum absolute atomic E-state index is 12.9. The monoisotopic (exact) mass is 237 g/mol. The lowest BCUT2D eigenvalue weighted by molar-refractivity contribution is 0.303. The second-order valence-electron chi connectivity index (χ2n) is 3.22. The third kappa shape index (κ3) is 2.94. The van der Waals surface area contributed by atoms with E-state index >= 15 is 0 Å². The lowest BCUT2D eigenvalue weighted by atomic mass is 10.2. The molecule has 0 aliphatic heterocycles. The first-order chi connectivity index (χ1) is 7.74. The summed E-state index contributed by atoms with van der Waals surface area (Å²) >= 11 is 5.60. The normalized spacial score (nSPS) is 10.1. The van der Waals surface area contributed by atoms with E-state index in [0.717, 1.165) is 5.56 Å². The van der Waals surface area contributed by atoms with Gasteiger partial charge >= 0.3 is 0 Å².